The number of aryl methyl sites for hydroxylation is 1. The molecule has 31 heavy (non-hydrogen) atoms. The lowest BCUT2D eigenvalue weighted by Crippen LogP contribution is -2.19. The van der Waals surface area contributed by atoms with Gasteiger partial charge in [0.2, 0.25) is 0 Å². The fourth-order valence-corrected chi connectivity index (χ4v) is 3.55. The van der Waals surface area contributed by atoms with E-state index >= 15 is 0 Å². The van der Waals surface area contributed by atoms with Crippen molar-refractivity contribution in [2.24, 2.45) is 0 Å². The van der Waals surface area contributed by atoms with Crippen molar-refractivity contribution in [1.82, 2.24) is 9.97 Å². The van der Waals surface area contributed by atoms with Crippen molar-refractivity contribution < 1.29 is 13.5 Å². The predicted molar refractivity (Wildman–Crippen MR) is 124 cm³/mol. The summed E-state index contributed by atoms with van der Waals surface area (Å²) < 4.78 is 32.7. The average molecular weight is 433 g/mol. The number of hydrogen-bond donors (Lipinski definition) is 0. The van der Waals surface area contributed by atoms with Crippen LogP contribution in [0.15, 0.2) is 36.7 Å². The molecular formula is C26H38F2N2O. The first-order valence-electron chi connectivity index (χ1n) is 12.0. The minimum absolute atomic E-state index is 0.0617. The zero-order chi connectivity index (χ0) is 22.3. The summed E-state index contributed by atoms with van der Waals surface area (Å²) in [6, 6.07) is 7.42. The van der Waals surface area contributed by atoms with Gasteiger partial charge >= 0.3 is 0 Å². The van der Waals surface area contributed by atoms with E-state index in [1.807, 2.05) is 43.6 Å². The van der Waals surface area contributed by atoms with Gasteiger partial charge in [-0.25, -0.2) is 18.7 Å². The molecule has 2 aromatic rings. The van der Waals surface area contributed by atoms with Crippen LogP contribution in [0.25, 0.3) is 11.4 Å². The lowest BCUT2D eigenvalue weighted by molar-refractivity contribution is 0.129. The zero-order valence-corrected chi connectivity index (χ0v) is 19.2. The van der Waals surface area contributed by atoms with Crippen molar-refractivity contribution in [3.05, 3.63) is 42.2 Å². The van der Waals surface area contributed by atoms with Crippen molar-refractivity contribution >= 4 is 0 Å². The molecule has 0 saturated heterocycles. The molecule has 1 aromatic carbocycles. The Morgan fingerprint density at radius 1 is 0.774 bits per heavy atom. The predicted octanol–water partition coefficient (Wildman–Crippen LogP) is 7.68. The molecule has 0 amide bonds. The molecule has 2 unspecified atom stereocenters. The Bertz CT molecular complexity index is 706. The smallest absolute Gasteiger partial charge is 0.159 e. The van der Waals surface area contributed by atoms with Crippen LogP contribution in [0.2, 0.25) is 0 Å². The normalized spacial score (nSPS) is 13.2. The average Bonchev–Trinajstić information content (AvgIpc) is 2.79. The minimum Gasteiger partial charge on any atom is -0.493 e. The highest BCUT2D eigenvalue weighted by molar-refractivity contribution is 5.55. The molecule has 3 nitrogen and oxygen atoms in total. The molecule has 0 bridgehead atoms. The maximum Gasteiger partial charge on any atom is 0.159 e. The van der Waals surface area contributed by atoms with Gasteiger partial charge in [0.1, 0.15) is 18.1 Å². The second-order valence-electron chi connectivity index (χ2n) is 8.27. The fourth-order valence-electron chi connectivity index (χ4n) is 3.55. The molecule has 0 saturated carbocycles. The highest BCUT2D eigenvalue weighted by Gasteiger charge is 2.19. The maximum atomic E-state index is 13.7. The van der Waals surface area contributed by atoms with Crippen LogP contribution in [0, 0.1) is 0 Å². The molecule has 0 N–H and O–H groups in total. The van der Waals surface area contributed by atoms with E-state index in [2.05, 4.69) is 16.9 Å². The van der Waals surface area contributed by atoms with E-state index in [1.54, 1.807) is 0 Å². The van der Waals surface area contributed by atoms with E-state index in [4.69, 9.17) is 4.74 Å². The van der Waals surface area contributed by atoms with Crippen LogP contribution in [0.4, 0.5) is 8.78 Å². The number of rotatable bonds is 16. The summed E-state index contributed by atoms with van der Waals surface area (Å²) >= 11 is 0. The third-order valence-corrected chi connectivity index (χ3v) is 5.51. The number of nitrogens with zero attached hydrogens (tertiary/aromatic N) is 2. The number of hydrogen-bond acceptors (Lipinski definition) is 3. The van der Waals surface area contributed by atoms with Gasteiger partial charge in [-0.1, -0.05) is 58.8 Å². The molecule has 5 heteroatoms. The van der Waals surface area contributed by atoms with E-state index in [1.165, 1.54) is 50.5 Å². The van der Waals surface area contributed by atoms with Gasteiger partial charge in [0.25, 0.3) is 0 Å². The quantitative estimate of drug-likeness (QED) is 0.255. The zero-order valence-electron chi connectivity index (χ0n) is 19.2. The molecule has 0 fully saturated rings. The summed E-state index contributed by atoms with van der Waals surface area (Å²) in [6.45, 7) is 4.26. The summed E-state index contributed by atoms with van der Waals surface area (Å²) in [5, 5.41) is 0. The number of unbranched alkanes of at least 4 members (excludes halogenated alkanes) is 6. The van der Waals surface area contributed by atoms with Crippen LogP contribution in [-0.4, -0.2) is 28.9 Å². The highest BCUT2D eigenvalue weighted by Crippen LogP contribution is 2.21. The van der Waals surface area contributed by atoms with Crippen LogP contribution >= 0.6 is 0 Å². The van der Waals surface area contributed by atoms with E-state index < -0.39 is 12.3 Å². The Hall–Kier alpha value is -2.04. The number of alkyl halides is 2. The van der Waals surface area contributed by atoms with Crippen LogP contribution in [0.1, 0.15) is 83.6 Å². The number of benzene rings is 1. The van der Waals surface area contributed by atoms with Gasteiger partial charge in [-0.05, 0) is 49.1 Å². The molecule has 172 valence electrons. The van der Waals surface area contributed by atoms with Crippen molar-refractivity contribution in [2.45, 2.75) is 96.8 Å². The third kappa shape index (κ3) is 9.75. The first-order chi connectivity index (χ1) is 15.1. The molecule has 1 heterocycles. The van der Waals surface area contributed by atoms with E-state index in [9.17, 15) is 8.78 Å². The summed E-state index contributed by atoms with van der Waals surface area (Å²) in [6.07, 6.45) is 12.0. The molecule has 0 radical (unpaired) electrons. The molecule has 2 atom stereocenters. The Balaban J connectivity index is 1.72. The topological polar surface area (TPSA) is 35.0 Å². The Kier molecular flexibility index (Phi) is 12.1. The number of ether oxygens (including phenoxy) is 1. The monoisotopic (exact) mass is 432 g/mol. The lowest BCUT2D eigenvalue weighted by atomic mass is 10.1. The first kappa shape index (κ1) is 25.2. The van der Waals surface area contributed by atoms with Gasteiger partial charge in [-0.15, -0.1) is 0 Å². The van der Waals surface area contributed by atoms with E-state index in [0.29, 0.717) is 18.0 Å². The molecule has 1 aromatic heterocycles. The summed E-state index contributed by atoms with van der Waals surface area (Å²) in [5.74, 6) is 1.32. The van der Waals surface area contributed by atoms with Crippen molar-refractivity contribution in [2.75, 3.05) is 6.61 Å². The molecule has 0 aliphatic heterocycles. The van der Waals surface area contributed by atoms with Crippen molar-refractivity contribution in [1.29, 1.82) is 0 Å². The van der Waals surface area contributed by atoms with Gasteiger partial charge in [0.05, 0.1) is 6.61 Å². The molecule has 0 spiro atoms. The maximum absolute atomic E-state index is 13.7. The van der Waals surface area contributed by atoms with Gasteiger partial charge in [-0.2, -0.15) is 0 Å². The van der Waals surface area contributed by atoms with E-state index in [0.717, 1.165) is 12.0 Å². The second-order valence-corrected chi connectivity index (χ2v) is 8.27. The summed E-state index contributed by atoms with van der Waals surface area (Å²) in [5.41, 5.74) is 2.08. The first-order valence-corrected chi connectivity index (χ1v) is 12.0. The number of halogens is 2. The summed E-state index contributed by atoms with van der Waals surface area (Å²) in [4.78, 5) is 8.99. The standard InChI is InChI=1S/C26H38F2N2O/c1-3-5-6-7-8-9-10-12-21-19-29-26(30-20-21)22-13-15-23(16-14-22)31-18-17-25(28)24(27)11-4-2/h13-16,19-20,24-25H,3-12,17-18H2,1-2H3. The largest absolute Gasteiger partial charge is 0.493 e. The molecule has 0 aliphatic carbocycles. The minimum atomic E-state index is -1.47. The van der Waals surface area contributed by atoms with E-state index in [-0.39, 0.29) is 19.4 Å². The Labute approximate surface area is 186 Å². The molecular weight excluding hydrogens is 394 g/mol. The molecule has 0 aliphatic rings. The van der Waals surface area contributed by atoms with Crippen molar-refractivity contribution in [3.8, 4) is 17.1 Å². The Morgan fingerprint density at radius 3 is 2.03 bits per heavy atom. The van der Waals surface area contributed by atoms with Gasteiger partial charge < -0.3 is 4.74 Å². The van der Waals surface area contributed by atoms with Crippen LogP contribution < -0.4 is 4.74 Å². The highest BCUT2D eigenvalue weighted by atomic mass is 19.2. The van der Waals surface area contributed by atoms with Crippen LogP contribution in [0.5, 0.6) is 5.75 Å². The summed E-state index contributed by atoms with van der Waals surface area (Å²) in [7, 11) is 0. The van der Waals surface area contributed by atoms with Crippen LogP contribution in [0.3, 0.4) is 0 Å². The number of aromatic nitrogens is 2. The van der Waals surface area contributed by atoms with Gasteiger partial charge in [-0.3, -0.25) is 0 Å². The SMILES string of the molecule is CCCCCCCCCc1cnc(-c2ccc(OCCC(F)C(F)CCC)cc2)nc1. The Morgan fingerprint density at radius 2 is 1.39 bits per heavy atom. The van der Waals surface area contributed by atoms with Crippen LogP contribution in [-0.2, 0) is 6.42 Å². The van der Waals surface area contributed by atoms with Gasteiger partial charge in [0.15, 0.2) is 5.82 Å². The third-order valence-electron chi connectivity index (χ3n) is 5.51. The fraction of sp³-hybridized carbons (Fsp3) is 0.615. The van der Waals surface area contributed by atoms with Crippen molar-refractivity contribution in [3.63, 3.8) is 0 Å². The lowest BCUT2D eigenvalue weighted by Gasteiger charge is -2.13. The van der Waals surface area contributed by atoms with Gasteiger partial charge in [0, 0.05) is 24.4 Å². The molecule has 2 rings (SSSR count). The second kappa shape index (κ2) is 14.9.